The third-order valence-electron chi connectivity index (χ3n) is 3.65. The maximum absolute atomic E-state index is 13.5. The fourth-order valence-electron chi connectivity index (χ4n) is 2.32. The van der Waals surface area contributed by atoms with E-state index in [1.807, 2.05) is 24.3 Å². The zero-order chi connectivity index (χ0) is 20.1. The van der Waals surface area contributed by atoms with Crippen molar-refractivity contribution < 1.29 is 27.8 Å². The molecule has 0 saturated carbocycles. The highest BCUT2D eigenvalue weighted by Gasteiger charge is 2.19. The van der Waals surface area contributed by atoms with Crippen LogP contribution in [0.5, 0.6) is 0 Å². The number of thiazole rings is 1. The Morgan fingerprint density at radius 1 is 1.21 bits per heavy atom. The van der Waals surface area contributed by atoms with Crippen molar-refractivity contribution in [2.45, 2.75) is 19.6 Å². The second-order valence-electron chi connectivity index (χ2n) is 5.81. The summed E-state index contributed by atoms with van der Waals surface area (Å²) in [6.45, 7) is 1.07. The molecular weight excluding hydrogens is 390 g/mol. The number of benzene rings is 2. The van der Waals surface area contributed by atoms with E-state index in [0.717, 1.165) is 28.4 Å². The van der Waals surface area contributed by atoms with Crippen LogP contribution in [0.25, 0.3) is 10.2 Å². The average molecular weight is 406 g/mol. The Labute approximate surface area is 163 Å². The number of amides is 1. The molecule has 1 N–H and O–H groups in total. The lowest BCUT2D eigenvalue weighted by Gasteiger charge is -2.14. The van der Waals surface area contributed by atoms with E-state index in [1.54, 1.807) is 0 Å². The van der Waals surface area contributed by atoms with Gasteiger partial charge in [0.1, 0.15) is 23.2 Å². The first-order chi connectivity index (χ1) is 13.4. The van der Waals surface area contributed by atoms with Crippen LogP contribution in [0.4, 0.5) is 14.5 Å². The molecule has 0 fully saturated rings. The minimum Gasteiger partial charge on any atom is -0.451 e. The van der Waals surface area contributed by atoms with Crippen molar-refractivity contribution in [1.82, 2.24) is 4.98 Å². The van der Waals surface area contributed by atoms with E-state index in [0.29, 0.717) is 5.01 Å². The highest BCUT2D eigenvalue weighted by atomic mass is 32.1. The number of fused-ring (bicyclic) bond motifs is 1. The summed E-state index contributed by atoms with van der Waals surface area (Å²) in [5, 5.41) is 2.88. The molecule has 2 aromatic carbocycles. The molecule has 1 atom stereocenters. The molecule has 0 aliphatic heterocycles. The number of hydrogen-bond acceptors (Lipinski definition) is 6. The molecule has 1 heterocycles. The van der Waals surface area contributed by atoms with E-state index in [9.17, 15) is 18.4 Å². The Morgan fingerprint density at radius 2 is 2.00 bits per heavy atom. The Bertz CT molecular complexity index is 976. The average Bonchev–Trinajstić information content (AvgIpc) is 3.07. The van der Waals surface area contributed by atoms with Gasteiger partial charge in [-0.05, 0) is 31.2 Å². The van der Waals surface area contributed by atoms with Crippen molar-refractivity contribution in [3.8, 4) is 0 Å². The largest absolute Gasteiger partial charge is 0.451 e. The molecule has 0 radical (unpaired) electrons. The molecule has 28 heavy (non-hydrogen) atoms. The summed E-state index contributed by atoms with van der Waals surface area (Å²) < 4.78 is 37.9. The van der Waals surface area contributed by atoms with Gasteiger partial charge in [-0.1, -0.05) is 12.1 Å². The summed E-state index contributed by atoms with van der Waals surface area (Å²) in [6.07, 6.45) is -1.21. The van der Waals surface area contributed by atoms with Crippen LogP contribution in [0, 0.1) is 11.6 Å². The molecule has 0 unspecified atom stereocenters. The van der Waals surface area contributed by atoms with Crippen LogP contribution in [-0.4, -0.2) is 29.6 Å². The number of rotatable bonds is 7. The molecule has 3 rings (SSSR count). The molecule has 1 aromatic heterocycles. The molecule has 6 nitrogen and oxygen atoms in total. The van der Waals surface area contributed by atoms with Crippen molar-refractivity contribution in [3.05, 3.63) is 59.1 Å². The maximum Gasteiger partial charge on any atom is 0.332 e. The minimum absolute atomic E-state index is 0.128. The number of carbonyl (C=O) groups is 2. The summed E-state index contributed by atoms with van der Waals surface area (Å²) in [4.78, 5) is 28.2. The number of anilines is 1. The zero-order valence-corrected chi connectivity index (χ0v) is 15.6. The predicted octanol–water partition coefficient (Wildman–Crippen LogP) is 3.66. The quantitative estimate of drug-likeness (QED) is 0.606. The summed E-state index contributed by atoms with van der Waals surface area (Å²) in [5.41, 5.74) is 0.517. The van der Waals surface area contributed by atoms with E-state index in [1.165, 1.54) is 18.3 Å². The molecule has 146 valence electrons. The van der Waals surface area contributed by atoms with Crippen molar-refractivity contribution in [2.24, 2.45) is 0 Å². The normalized spacial score (nSPS) is 12.0. The molecular formula is C19H16F2N2O4S. The van der Waals surface area contributed by atoms with Crippen LogP contribution in [0.1, 0.15) is 11.9 Å². The molecule has 1 amide bonds. The lowest BCUT2D eigenvalue weighted by molar-refractivity contribution is -0.157. The monoisotopic (exact) mass is 406 g/mol. The number of nitrogens with zero attached hydrogens (tertiary/aromatic N) is 1. The van der Waals surface area contributed by atoms with Crippen LogP contribution in [0.15, 0.2) is 42.5 Å². The summed E-state index contributed by atoms with van der Waals surface area (Å²) in [6, 6.07) is 10.3. The van der Waals surface area contributed by atoms with Gasteiger partial charge in [-0.3, -0.25) is 4.79 Å². The lowest BCUT2D eigenvalue weighted by atomic mass is 10.2. The molecule has 0 spiro atoms. The first-order valence-electron chi connectivity index (χ1n) is 8.30. The molecule has 0 saturated heterocycles. The molecule has 0 aliphatic carbocycles. The number of esters is 1. The zero-order valence-electron chi connectivity index (χ0n) is 14.8. The maximum atomic E-state index is 13.5. The second-order valence-corrected chi connectivity index (χ2v) is 6.93. The summed E-state index contributed by atoms with van der Waals surface area (Å²) >= 11 is 1.45. The standard InChI is InChI=1S/C19H16F2N2O4S/c1-11(19(25)23-15-8-12(20)6-7-13(15)21)27-18(24)10-26-9-17-22-14-4-2-3-5-16(14)28-17/h2-8,11H,9-10H2,1H3,(H,23,25)/t11-/m1/s1. The van der Waals surface area contributed by atoms with Crippen LogP contribution in [-0.2, 0) is 25.7 Å². The Balaban J connectivity index is 1.45. The van der Waals surface area contributed by atoms with Crippen molar-refractivity contribution in [3.63, 3.8) is 0 Å². The van der Waals surface area contributed by atoms with Crippen molar-refractivity contribution >= 4 is 39.1 Å². The fourth-order valence-corrected chi connectivity index (χ4v) is 3.22. The van der Waals surface area contributed by atoms with Crippen LogP contribution in [0.2, 0.25) is 0 Å². The topological polar surface area (TPSA) is 77.5 Å². The van der Waals surface area contributed by atoms with Gasteiger partial charge >= 0.3 is 5.97 Å². The second kappa shape index (κ2) is 8.85. The van der Waals surface area contributed by atoms with E-state index >= 15 is 0 Å². The number of nitrogens with one attached hydrogen (secondary N) is 1. The van der Waals surface area contributed by atoms with Crippen molar-refractivity contribution in [1.29, 1.82) is 0 Å². The van der Waals surface area contributed by atoms with Gasteiger partial charge in [0.25, 0.3) is 5.91 Å². The van der Waals surface area contributed by atoms with Gasteiger partial charge < -0.3 is 14.8 Å². The molecule has 0 bridgehead atoms. The molecule has 0 aliphatic rings. The van der Waals surface area contributed by atoms with Crippen LogP contribution < -0.4 is 5.32 Å². The van der Waals surface area contributed by atoms with Gasteiger partial charge in [-0.2, -0.15) is 0 Å². The summed E-state index contributed by atoms with van der Waals surface area (Å²) in [7, 11) is 0. The fraction of sp³-hybridized carbons (Fsp3) is 0.211. The Morgan fingerprint density at radius 3 is 2.79 bits per heavy atom. The SMILES string of the molecule is C[C@@H](OC(=O)COCc1nc2ccccc2s1)C(=O)Nc1cc(F)ccc1F. The van der Waals surface area contributed by atoms with E-state index < -0.39 is 29.6 Å². The predicted molar refractivity (Wildman–Crippen MR) is 99.8 cm³/mol. The third kappa shape index (κ3) is 5.08. The number of carbonyl (C=O) groups excluding carboxylic acids is 2. The molecule has 3 aromatic rings. The van der Waals surface area contributed by atoms with Gasteiger partial charge in [0.05, 0.1) is 22.5 Å². The smallest absolute Gasteiger partial charge is 0.332 e. The highest BCUT2D eigenvalue weighted by Crippen LogP contribution is 2.22. The van der Waals surface area contributed by atoms with E-state index in [-0.39, 0.29) is 18.9 Å². The van der Waals surface area contributed by atoms with Gasteiger partial charge in [-0.25, -0.2) is 18.6 Å². The number of aromatic nitrogens is 1. The first-order valence-corrected chi connectivity index (χ1v) is 9.11. The van der Waals surface area contributed by atoms with Gasteiger partial charge in [0, 0.05) is 6.07 Å². The van der Waals surface area contributed by atoms with Crippen molar-refractivity contribution in [2.75, 3.05) is 11.9 Å². The Hall–Kier alpha value is -2.91. The number of hydrogen-bond donors (Lipinski definition) is 1. The highest BCUT2D eigenvalue weighted by molar-refractivity contribution is 7.18. The van der Waals surface area contributed by atoms with E-state index in [4.69, 9.17) is 9.47 Å². The molecule has 9 heteroatoms. The summed E-state index contributed by atoms with van der Waals surface area (Å²) in [5.74, 6) is -3.05. The van der Waals surface area contributed by atoms with Gasteiger partial charge in [0.15, 0.2) is 6.10 Å². The Kier molecular flexibility index (Phi) is 6.27. The number of ether oxygens (including phenoxy) is 2. The van der Waals surface area contributed by atoms with Crippen LogP contribution in [0.3, 0.4) is 0 Å². The van der Waals surface area contributed by atoms with Gasteiger partial charge in [0.2, 0.25) is 0 Å². The van der Waals surface area contributed by atoms with Crippen LogP contribution >= 0.6 is 11.3 Å². The van der Waals surface area contributed by atoms with E-state index in [2.05, 4.69) is 10.3 Å². The number of halogens is 2. The van der Waals surface area contributed by atoms with Gasteiger partial charge in [-0.15, -0.1) is 11.3 Å². The minimum atomic E-state index is -1.21. The first kappa shape index (κ1) is 19.8. The number of para-hydroxylation sites is 1. The lowest BCUT2D eigenvalue weighted by Crippen LogP contribution is -2.31. The third-order valence-corrected chi connectivity index (χ3v) is 4.66.